The van der Waals surface area contributed by atoms with Crippen LogP contribution in [-0.2, 0) is 4.74 Å². The number of aromatic carboxylic acids is 1. The molecule has 140 valence electrons. The summed E-state index contributed by atoms with van der Waals surface area (Å²) < 4.78 is 32.7. The quantitative estimate of drug-likeness (QED) is 0.831. The zero-order valence-electron chi connectivity index (χ0n) is 14.1. The number of pyridine rings is 2. The minimum atomic E-state index is -2.71. The summed E-state index contributed by atoms with van der Waals surface area (Å²) >= 11 is 0. The van der Waals surface area contributed by atoms with Crippen molar-refractivity contribution in [2.24, 2.45) is 0 Å². The highest BCUT2D eigenvalue weighted by Gasteiger charge is 2.27. The number of rotatable bonds is 5. The predicted molar refractivity (Wildman–Crippen MR) is 92.8 cm³/mol. The standard InChI is InChI=1S/C18H15F2N3O4/c1-27-14-9-21-13(17(19)20)6-11(14)10-7-15(22-8-12(10)18(25)26)23-5-3-2-4-16(23)24/h2-9,13,17,21H,1H3,(H,25,26). The minimum Gasteiger partial charge on any atom is -0.495 e. The van der Waals surface area contributed by atoms with Crippen LogP contribution in [0.5, 0.6) is 0 Å². The molecule has 3 rings (SSSR count). The predicted octanol–water partition coefficient (Wildman–Crippen LogP) is 2.04. The molecule has 2 aromatic heterocycles. The van der Waals surface area contributed by atoms with E-state index in [1.165, 1.54) is 42.3 Å². The van der Waals surface area contributed by atoms with Gasteiger partial charge in [0, 0.05) is 35.8 Å². The first-order valence-corrected chi connectivity index (χ1v) is 7.84. The average Bonchev–Trinajstić information content (AvgIpc) is 2.67. The molecule has 0 spiro atoms. The molecular weight excluding hydrogens is 360 g/mol. The molecule has 0 saturated carbocycles. The van der Waals surface area contributed by atoms with Crippen molar-refractivity contribution < 1.29 is 23.4 Å². The van der Waals surface area contributed by atoms with Crippen LogP contribution in [0.25, 0.3) is 11.4 Å². The zero-order chi connectivity index (χ0) is 19.6. The van der Waals surface area contributed by atoms with Crippen molar-refractivity contribution in [3.63, 3.8) is 0 Å². The average molecular weight is 375 g/mol. The summed E-state index contributed by atoms with van der Waals surface area (Å²) in [5.41, 5.74) is -0.284. The van der Waals surface area contributed by atoms with Gasteiger partial charge >= 0.3 is 5.97 Å². The monoisotopic (exact) mass is 375 g/mol. The summed E-state index contributed by atoms with van der Waals surface area (Å²) in [6.45, 7) is 0. The number of hydrogen-bond acceptors (Lipinski definition) is 5. The molecule has 0 aromatic carbocycles. The molecule has 3 heterocycles. The van der Waals surface area contributed by atoms with Gasteiger partial charge in [0.15, 0.2) is 0 Å². The highest BCUT2D eigenvalue weighted by atomic mass is 19.3. The van der Waals surface area contributed by atoms with Crippen LogP contribution >= 0.6 is 0 Å². The number of carboxylic acid groups (broad SMARTS) is 1. The number of aromatic nitrogens is 2. The van der Waals surface area contributed by atoms with E-state index >= 15 is 0 Å². The van der Waals surface area contributed by atoms with Crippen molar-refractivity contribution in [2.75, 3.05) is 7.11 Å². The highest BCUT2D eigenvalue weighted by Crippen LogP contribution is 2.31. The lowest BCUT2D eigenvalue weighted by molar-refractivity contribution is 0.0696. The van der Waals surface area contributed by atoms with Gasteiger partial charge in [-0.25, -0.2) is 18.6 Å². The molecule has 0 amide bonds. The van der Waals surface area contributed by atoms with Crippen LogP contribution in [0.4, 0.5) is 8.78 Å². The molecule has 9 heteroatoms. The van der Waals surface area contributed by atoms with E-state index in [-0.39, 0.29) is 33.8 Å². The topological polar surface area (TPSA) is 93.5 Å². The normalized spacial score (nSPS) is 16.4. The second-order valence-corrected chi connectivity index (χ2v) is 5.62. The molecule has 7 nitrogen and oxygen atoms in total. The SMILES string of the molecule is COC1=CNC(C(F)F)C=C1c1cc(-n2ccccc2=O)ncc1C(=O)O. The second kappa shape index (κ2) is 7.40. The van der Waals surface area contributed by atoms with E-state index in [1.807, 2.05) is 0 Å². The molecule has 0 radical (unpaired) electrons. The maximum atomic E-state index is 13.1. The Bertz CT molecular complexity index is 998. The van der Waals surface area contributed by atoms with Crippen molar-refractivity contribution in [3.05, 3.63) is 76.2 Å². The minimum absolute atomic E-state index is 0.114. The summed E-state index contributed by atoms with van der Waals surface area (Å²) in [5.74, 6) is -0.941. The Kier molecular flexibility index (Phi) is 5.02. The van der Waals surface area contributed by atoms with Crippen LogP contribution in [0.3, 0.4) is 0 Å². The van der Waals surface area contributed by atoms with E-state index in [4.69, 9.17) is 4.74 Å². The number of methoxy groups -OCH3 is 1. The highest BCUT2D eigenvalue weighted by molar-refractivity contribution is 5.96. The summed E-state index contributed by atoms with van der Waals surface area (Å²) in [6.07, 6.45) is 2.30. The van der Waals surface area contributed by atoms with Gasteiger partial charge in [-0.2, -0.15) is 0 Å². The lowest BCUT2D eigenvalue weighted by Crippen LogP contribution is -2.33. The lowest BCUT2D eigenvalue weighted by atomic mass is 9.96. The number of nitrogens with zero attached hydrogens (tertiary/aromatic N) is 2. The largest absolute Gasteiger partial charge is 0.495 e. The van der Waals surface area contributed by atoms with Crippen LogP contribution in [-0.4, -0.2) is 40.2 Å². The van der Waals surface area contributed by atoms with E-state index in [0.29, 0.717) is 0 Å². The van der Waals surface area contributed by atoms with Gasteiger partial charge in [-0.1, -0.05) is 6.07 Å². The number of alkyl halides is 2. The van der Waals surface area contributed by atoms with E-state index in [1.54, 1.807) is 12.1 Å². The Morgan fingerprint density at radius 3 is 2.81 bits per heavy atom. The zero-order valence-corrected chi connectivity index (χ0v) is 14.1. The van der Waals surface area contributed by atoms with Crippen LogP contribution in [0.15, 0.2) is 59.5 Å². The molecule has 0 bridgehead atoms. The fourth-order valence-corrected chi connectivity index (χ4v) is 2.68. The molecular formula is C18H15F2N3O4. The summed E-state index contributed by atoms with van der Waals surface area (Å²) in [5, 5.41) is 12.0. The van der Waals surface area contributed by atoms with Crippen LogP contribution in [0.2, 0.25) is 0 Å². The number of nitrogens with one attached hydrogen (secondary N) is 1. The summed E-state index contributed by atoms with van der Waals surface area (Å²) in [7, 11) is 1.34. The fraction of sp³-hybridized carbons (Fsp3) is 0.167. The second-order valence-electron chi connectivity index (χ2n) is 5.62. The van der Waals surface area contributed by atoms with E-state index in [0.717, 1.165) is 6.20 Å². The van der Waals surface area contributed by atoms with Gasteiger partial charge in [-0.05, 0) is 18.2 Å². The van der Waals surface area contributed by atoms with Crippen LogP contribution in [0.1, 0.15) is 15.9 Å². The van der Waals surface area contributed by atoms with Crippen molar-refractivity contribution >= 4 is 11.5 Å². The number of carbonyl (C=O) groups is 1. The third-order valence-corrected chi connectivity index (χ3v) is 3.99. The third kappa shape index (κ3) is 3.57. The van der Waals surface area contributed by atoms with E-state index < -0.39 is 18.4 Å². The van der Waals surface area contributed by atoms with Crippen molar-refractivity contribution in [3.8, 4) is 5.82 Å². The number of hydrogen-bond donors (Lipinski definition) is 2. The van der Waals surface area contributed by atoms with Crippen LogP contribution < -0.4 is 10.9 Å². The maximum absolute atomic E-state index is 13.1. The molecule has 1 aliphatic rings. The van der Waals surface area contributed by atoms with Gasteiger partial charge in [-0.15, -0.1) is 0 Å². The smallest absolute Gasteiger partial charge is 0.337 e. The van der Waals surface area contributed by atoms with Crippen molar-refractivity contribution in [1.82, 2.24) is 14.9 Å². The Balaban J connectivity index is 2.21. The molecule has 0 saturated heterocycles. The van der Waals surface area contributed by atoms with Gasteiger partial charge in [0.2, 0.25) is 0 Å². The number of halogens is 2. The molecule has 1 atom stereocenters. The van der Waals surface area contributed by atoms with Crippen molar-refractivity contribution in [1.29, 1.82) is 0 Å². The summed E-state index contributed by atoms with van der Waals surface area (Å²) in [4.78, 5) is 27.7. The Morgan fingerprint density at radius 1 is 1.41 bits per heavy atom. The van der Waals surface area contributed by atoms with Gasteiger partial charge in [0.1, 0.15) is 17.6 Å². The first kappa shape index (κ1) is 18.3. The number of allylic oxidation sites excluding steroid dienone is 1. The first-order valence-electron chi connectivity index (χ1n) is 7.84. The van der Waals surface area contributed by atoms with E-state index in [2.05, 4.69) is 10.3 Å². The molecule has 0 fully saturated rings. The maximum Gasteiger partial charge on any atom is 0.337 e. The molecule has 0 aliphatic carbocycles. The molecule has 27 heavy (non-hydrogen) atoms. The van der Waals surface area contributed by atoms with Gasteiger partial charge < -0.3 is 15.2 Å². The Morgan fingerprint density at radius 2 is 2.19 bits per heavy atom. The molecule has 2 N–H and O–H groups in total. The van der Waals surface area contributed by atoms with Gasteiger partial charge in [0.05, 0.1) is 12.7 Å². The Hall–Kier alpha value is -3.49. The number of ether oxygens (including phenoxy) is 1. The third-order valence-electron chi connectivity index (χ3n) is 3.99. The Labute approximate surface area is 152 Å². The molecule has 2 aromatic rings. The fourth-order valence-electron chi connectivity index (χ4n) is 2.68. The van der Waals surface area contributed by atoms with Crippen LogP contribution in [0, 0.1) is 0 Å². The molecule has 1 aliphatic heterocycles. The lowest BCUT2D eigenvalue weighted by Gasteiger charge is -2.23. The van der Waals surface area contributed by atoms with Gasteiger partial charge in [0.25, 0.3) is 12.0 Å². The first-order chi connectivity index (χ1) is 12.9. The number of carboxylic acids is 1. The van der Waals surface area contributed by atoms with E-state index in [9.17, 15) is 23.5 Å². The molecule has 1 unspecified atom stereocenters. The summed E-state index contributed by atoms with van der Waals surface area (Å²) in [6, 6.07) is 4.54. The number of dihydropyridines is 1. The van der Waals surface area contributed by atoms with Crippen molar-refractivity contribution in [2.45, 2.75) is 12.5 Å². The van der Waals surface area contributed by atoms with Gasteiger partial charge in [-0.3, -0.25) is 9.36 Å².